The SMILES string of the molecule is CN1CCN(C)C(CNC(=O)c2ccc(C(=O)O)cn2)C1. The molecule has 1 aliphatic heterocycles. The molecule has 1 atom stereocenters. The number of hydrogen-bond donors (Lipinski definition) is 2. The first kappa shape index (κ1) is 15.4. The number of likely N-dealkylation sites (N-methyl/N-ethyl adjacent to an activating group) is 2. The summed E-state index contributed by atoms with van der Waals surface area (Å²) in [6.07, 6.45) is 1.19. The fourth-order valence-electron chi connectivity index (χ4n) is 2.28. The molecule has 2 N–H and O–H groups in total. The van der Waals surface area contributed by atoms with E-state index in [4.69, 9.17) is 5.11 Å². The van der Waals surface area contributed by atoms with Gasteiger partial charge in [0.1, 0.15) is 5.69 Å². The first-order valence-electron chi connectivity index (χ1n) is 6.83. The Morgan fingerprint density at radius 3 is 2.76 bits per heavy atom. The van der Waals surface area contributed by atoms with Crippen LogP contribution in [0.4, 0.5) is 0 Å². The minimum atomic E-state index is -1.05. The summed E-state index contributed by atoms with van der Waals surface area (Å²) < 4.78 is 0. The second-order valence-electron chi connectivity index (χ2n) is 5.34. The topological polar surface area (TPSA) is 85.8 Å². The van der Waals surface area contributed by atoms with E-state index in [-0.39, 0.29) is 23.2 Å². The monoisotopic (exact) mass is 292 g/mol. The molecule has 1 saturated heterocycles. The molecule has 7 heteroatoms. The highest BCUT2D eigenvalue weighted by Crippen LogP contribution is 2.05. The van der Waals surface area contributed by atoms with Gasteiger partial charge in [0.15, 0.2) is 0 Å². The summed E-state index contributed by atoms with van der Waals surface area (Å²) in [7, 11) is 4.11. The number of aromatic carboxylic acids is 1. The number of hydrogen-bond acceptors (Lipinski definition) is 5. The van der Waals surface area contributed by atoms with Gasteiger partial charge in [-0.25, -0.2) is 4.79 Å². The molecular weight excluding hydrogens is 272 g/mol. The molecule has 0 bridgehead atoms. The smallest absolute Gasteiger partial charge is 0.337 e. The van der Waals surface area contributed by atoms with Gasteiger partial charge in [-0.3, -0.25) is 14.7 Å². The standard InChI is InChI=1S/C14H20N4O3/c1-17-5-6-18(2)11(9-17)8-16-13(19)12-4-3-10(7-15-12)14(20)21/h3-4,7,11H,5-6,8-9H2,1-2H3,(H,16,19)(H,20,21). The van der Waals surface area contributed by atoms with Gasteiger partial charge in [-0.1, -0.05) is 0 Å². The number of pyridine rings is 1. The Bertz CT molecular complexity index is 517. The van der Waals surface area contributed by atoms with Crippen LogP contribution in [0, 0.1) is 0 Å². The summed E-state index contributed by atoms with van der Waals surface area (Å²) in [5.74, 6) is -1.34. The van der Waals surface area contributed by atoms with Crippen LogP contribution < -0.4 is 5.32 Å². The van der Waals surface area contributed by atoms with Crippen LogP contribution in [0.5, 0.6) is 0 Å². The summed E-state index contributed by atoms with van der Waals surface area (Å²) >= 11 is 0. The lowest BCUT2D eigenvalue weighted by Gasteiger charge is -2.37. The Balaban J connectivity index is 1.90. The molecule has 0 spiro atoms. The first-order valence-corrected chi connectivity index (χ1v) is 6.83. The Hall–Kier alpha value is -1.99. The predicted octanol–water partition coefficient (Wildman–Crippen LogP) is -0.245. The maximum Gasteiger partial charge on any atom is 0.337 e. The quantitative estimate of drug-likeness (QED) is 0.796. The molecule has 7 nitrogen and oxygen atoms in total. The maximum atomic E-state index is 12.0. The molecule has 1 amide bonds. The second-order valence-corrected chi connectivity index (χ2v) is 5.34. The number of rotatable bonds is 4. The Morgan fingerprint density at radius 2 is 2.14 bits per heavy atom. The molecule has 0 aromatic carbocycles. The van der Waals surface area contributed by atoms with Gasteiger partial charge in [0.2, 0.25) is 0 Å². The van der Waals surface area contributed by atoms with Crippen molar-refractivity contribution < 1.29 is 14.7 Å². The van der Waals surface area contributed by atoms with E-state index in [0.29, 0.717) is 6.54 Å². The van der Waals surface area contributed by atoms with Crippen molar-refractivity contribution in [3.05, 3.63) is 29.6 Å². The van der Waals surface area contributed by atoms with E-state index in [1.165, 1.54) is 18.3 Å². The number of carboxylic acid groups (broad SMARTS) is 1. The Labute approximate surface area is 123 Å². The Morgan fingerprint density at radius 1 is 1.38 bits per heavy atom. The van der Waals surface area contributed by atoms with Gasteiger partial charge in [0.05, 0.1) is 5.56 Å². The van der Waals surface area contributed by atoms with Gasteiger partial charge in [-0.05, 0) is 26.2 Å². The number of nitrogens with zero attached hydrogens (tertiary/aromatic N) is 3. The molecule has 0 saturated carbocycles. The normalized spacial score (nSPS) is 20.2. The number of nitrogens with one attached hydrogen (secondary N) is 1. The van der Waals surface area contributed by atoms with E-state index in [1.54, 1.807) is 0 Å². The van der Waals surface area contributed by atoms with Gasteiger partial charge in [0, 0.05) is 38.4 Å². The van der Waals surface area contributed by atoms with E-state index < -0.39 is 5.97 Å². The zero-order chi connectivity index (χ0) is 15.4. The van der Waals surface area contributed by atoms with Crippen molar-refractivity contribution in [2.24, 2.45) is 0 Å². The van der Waals surface area contributed by atoms with Crippen LogP contribution >= 0.6 is 0 Å². The van der Waals surface area contributed by atoms with Crippen LogP contribution in [0.25, 0.3) is 0 Å². The van der Waals surface area contributed by atoms with E-state index in [2.05, 4.69) is 27.1 Å². The lowest BCUT2D eigenvalue weighted by atomic mass is 10.2. The van der Waals surface area contributed by atoms with E-state index in [1.807, 2.05) is 7.05 Å². The van der Waals surface area contributed by atoms with E-state index in [9.17, 15) is 9.59 Å². The Kier molecular flexibility index (Phi) is 4.87. The molecular formula is C14H20N4O3. The summed E-state index contributed by atoms with van der Waals surface area (Å²) in [5, 5.41) is 11.6. The molecule has 1 aliphatic rings. The summed E-state index contributed by atoms with van der Waals surface area (Å²) in [5.41, 5.74) is 0.298. The minimum absolute atomic E-state index is 0.0696. The van der Waals surface area contributed by atoms with E-state index in [0.717, 1.165) is 19.6 Å². The minimum Gasteiger partial charge on any atom is -0.478 e. The van der Waals surface area contributed by atoms with Crippen molar-refractivity contribution in [2.75, 3.05) is 40.3 Å². The second kappa shape index (κ2) is 6.64. The summed E-state index contributed by atoms with van der Waals surface area (Å²) in [6, 6.07) is 3.08. The third-order valence-electron chi connectivity index (χ3n) is 3.72. The zero-order valence-electron chi connectivity index (χ0n) is 12.2. The molecule has 2 rings (SSSR count). The number of carboxylic acids is 1. The van der Waals surface area contributed by atoms with Crippen molar-refractivity contribution in [3.8, 4) is 0 Å². The molecule has 2 heterocycles. The van der Waals surface area contributed by atoms with Crippen molar-refractivity contribution in [1.29, 1.82) is 0 Å². The summed E-state index contributed by atoms with van der Waals surface area (Å²) in [4.78, 5) is 31.1. The fourth-order valence-corrected chi connectivity index (χ4v) is 2.28. The lowest BCUT2D eigenvalue weighted by Crippen LogP contribution is -2.54. The van der Waals surface area contributed by atoms with Crippen molar-refractivity contribution >= 4 is 11.9 Å². The molecule has 0 aliphatic carbocycles. The molecule has 1 aromatic rings. The number of aromatic nitrogens is 1. The van der Waals surface area contributed by atoms with Crippen LogP contribution in [-0.2, 0) is 0 Å². The third-order valence-corrected chi connectivity index (χ3v) is 3.72. The van der Waals surface area contributed by atoms with Gasteiger partial charge >= 0.3 is 5.97 Å². The fraction of sp³-hybridized carbons (Fsp3) is 0.500. The molecule has 21 heavy (non-hydrogen) atoms. The summed E-state index contributed by atoms with van der Waals surface area (Å²) in [6.45, 7) is 3.45. The van der Waals surface area contributed by atoms with Crippen molar-refractivity contribution in [2.45, 2.75) is 6.04 Å². The number of amides is 1. The van der Waals surface area contributed by atoms with E-state index >= 15 is 0 Å². The molecule has 114 valence electrons. The van der Waals surface area contributed by atoms with Crippen LogP contribution in [-0.4, -0.2) is 78.1 Å². The van der Waals surface area contributed by atoms with Gasteiger partial charge in [-0.2, -0.15) is 0 Å². The molecule has 1 fully saturated rings. The average Bonchev–Trinajstić information content (AvgIpc) is 2.48. The zero-order valence-corrected chi connectivity index (χ0v) is 12.2. The highest BCUT2D eigenvalue weighted by atomic mass is 16.4. The molecule has 1 unspecified atom stereocenters. The third kappa shape index (κ3) is 3.99. The van der Waals surface area contributed by atoms with Crippen molar-refractivity contribution in [1.82, 2.24) is 20.1 Å². The lowest BCUT2D eigenvalue weighted by molar-refractivity contribution is 0.0695. The van der Waals surface area contributed by atoms with Gasteiger partial charge in [0.25, 0.3) is 5.91 Å². The first-order chi connectivity index (χ1) is 9.97. The average molecular weight is 292 g/mol. The largest absolute Gasteiger partial charge is 0.478 e. The highest BCUT2D eigenvalue weighted by Gasteiger charge is 2.22. The van der Waals surface area contributed by atoms with Crippen molar-refractivity contribution in [3.63, 3.8) is 0 Å². The van der Waals surface area contributed by atoms with Gasteiger partial charge < -0.3 is 15.3 Å². The maximum absolute atomic E-state index is 12.0. The molecule has 0 radical (unpaired) electrons. The number of piperazine rings is 1. The van der Waals surface area contributed by atoms with Crippen LogP contribution in [0.3, 0.4) is 0 Å². The number of carbonyl (C=O) groups is 2. The molecule has 1 aromatic heterocycles. The van der Waals surface area contributed by atoms with Crippen LogP contribution in [0.15, 0.2) is 18.3 Å². The number of carbonyl (C=O) groups excluding carboxylic acids is 1. The predicted molar refractivity (Wildman–Crippen MR) is 77.4 cm³/mol. The highest BCUT2D eigenvalue weighted by molar-refractivity contribution is 5.93. The van der Waals surface area contributed by atoms with Crippen LogP contribution in [0.2, 0.25) is 0 Å². The van der Waals surface area contributed by atoms with Gasteiger partial charge in [-0.15, -0.1) is 0 Å². The van der Waals surface area contributed by atoms with Crippen LogP contribution in [0.1, 0.15) is 20.8 Å².